The van der Waals surface area contributed by atoms with Crippen molar-refractivity contribution in [3.8, 4) is 11.5 Å². The molecule has 0 aromatic heterocycles. The highest BCUT2D eigenvalue weighted by Gasteiger charge is 2.27. The molecule has 9 heteroatoms. The largest absolute Gasteiger partial charge is 0.493 e. The Morgan fingerprint density at radius 2 is 1.76 bits per heavy atom. The van der Waals surface area contributed by atoms with Crippen LogP contribution in [0.2, 0.25) is 0 Å². The Hall–Kier alpha value is -3.30. The van der Waals surface area contributed by atoms with E-state index in [4.69, 9.17) is 15.3 Å². The van der Waals surface area contributed by atoms with Crippen molar-refractivity contribution < 1.29 is 19.1 Å². The van der Waals surface area contributed by atoms with E-state index in [9.17, 15) is 9.59 Å². The van der Waals surface area contributed by atoms with E-state index in [0.717, 1.165) is 48.9 Å². The first-order valence-corrected chi connectivity index (χ1v) is 13.0. The number of hydrogen-bond donors (Lipinski definition) is 3. The van der Waals surface area contributed by atoms with Crippen molar-refractivity contribution in [1.82, 2.24) is 15.6 Å². The standard InChI is InChI=1S/C28H39N5O4/c1-19(22-7-10-25(36-2)26(16-22)37-3)30-28(35)24-17-23(9-6-21(24)8-11-27(34)31-29)33-14-12-32(13-15-33)18-20-4-5-20/h6-7,9-10,16-17,19-20H,4-5,8,11-15,18,29H2,1-3H3,(H,30,35)(H,31,34). The van der Waals surface area contributed by atoms with Crippen LogP contribution in [0.3, 0.4) is 0 Å². The zero-order valence-corrected chi connectivity index (χ0v) is 22.1. The molecule has 2 aromatic carbocycles. The molecule has 1 aliphatic heterocycles. The van der Waals surface area contributed by atoms with Gasteiger partial charge in [-0.25, -0.2) is 5.84 Å². The van der Waals surface area contributed by atoms with Crippen LogP contribution in [0.25, 0.3) is 0 Å². The number of nitrogens with two attached hydrogens (primary N) is 1. The van der Waals surface area contributed by atoms with E-state index in [1.54, 1.807) is 14.2 Å². The molecule has 2 fully saturated rings. The quantitative estimate of drug-likeness (QED) is 0.243. The summed E-state index contributed by atoms with van der Waals surface area (Å²) in [5.41, 5.74) is 5.49. The van der Waals surface area contributed by atoms with Crippen LogP contribution in [0.15, 0.2) is 36.4 Å². The summed E-state index contributed by atoms with van der Waals surface area (Å²) in [4.78, 5) is 30.2. The Labute approximate surface area is 219 Å². The van der Waals surface area contributed by atoms with Gasteiger partial charge in [0, 0.05) is 50.4 Å². The first kappa shape index (κ1) is 26.8. The second kappa shape index (κ2) is 12.3. The molecular formula is C28H39N5O4. The van der Waals surface area contributed by atoms with Crippen LogP contribution in [0.5, 0.6) is 11.5 Å². The number of piperazine rings is 1. The maximum atomic E-state index is 13.5. The topological polar surface area (TPSA) is 109 Å². The second-order valence-corrected chi connectivity index (χ2v) is 9.95. The molecular weight excluding hydrogens is 470 g/mol. The molecule has 1 saturated carbocycles. The molecule has 37 heavy (non-hydrogen) atoms. The molecule has 1 aliphatic carbocycles. The molecule has 1 atom stereocenters. The average molecular weight is 510 g/mol. The molecule has 2 aromatic rings. The van der Waals surface area contributed by atoms with Crippen molar-refractivity contribution >= 4 is 17.5 Å². The van der Waals surface area contributed by atoms with Crippen LogP contribution in [0, 0.1) is 5.92 Å². The van der Waals surface area contributed by atoms with E-state index in [1.165, 1.54) is 19.4 Å². The van der Waals surface area contributed by atoms with Crippen LogP contribution < -0.4 is 31.0 Å². The minimum Gasteiger partial charge on any atom is -0.493 e. The maximum Gasteiger partial charge on any atom is 0.252 e. The van der Waals surface area contributed by atoms with Crippen molar-refractivity contribution in [3.63, 3.8) is 0 Å². The number of hydrogen-bond acceptors (Lipinski definition) is 7. The number of rotatable bonds is 11. The molecule has 0 spiro atoms. The van der Waals surface area contributed by atoms with Gasteiger partial charge in [0.15, 0.2) is 11.5 Å². The Bertz CT molecular complexity index is 1100. The molecule has 4 rings (SSSR count). The maximum absolute atomic E-state index is 13.5. The lowest BCUT2D eigenvalue weighted by Gasteiger charge is -2.36. The summed E-state index contributed by atoms with van der Waals surface area (Å²) in [5, 5.41) is 3.12. The first-order chi connectivity index (χ1) is 17.9. The Morgan fingerprint density at radius 3 is 2.41 bits per heavy atom. The summed E-state index contributed by atoms with van der Waals surface area (Å²) in [6, 6.07) is 11.3. The van der Waals surface area contributed by atoms with E-state index < -0.39 is 0 Å². The Morgan fingerprint density at radius 1 is 1.03 bits per heavy atom. The number of carbonyl (C=O) groups is 2. The van der Waals surface area contributed by atoms with Crippen LogP contribution in [0.1, 0.15) is 53.7 Å². The molecule has 2 aliphatic rings. The minimum absolute atomic E-state index is 0.181. The number of nitrogens with zero attached hydrogens (tertiary/aromatic N) is 2. The molecule has 1 heterocycles. The molecule has 9 nitrogen and oxygen atoms in total. The number of anilines is 1. The Balaban J connectivity index is 1.50. The fourth-order valence-corrected chi connectivity index (χ4v) is 4.84. The zero-order valence-electron chi connectivity index (χ0n) is 22.1. The minimum atomic E-state index is -0.263. The monoisotopic (exact) mass is 509 g/mol. The van der Waals surface area contributed by atoms with Crippen molar-refractivity contribution in [2.24, 2.45) is 11.8 Å². The van der Waals surface area contributed by atoms with E-state index in [0.29, 0.717) is 23.5 Å². The summed E-state index contributed by atoms with van der Waals surface area (Å²) >= 11 is 0. The van der Waals surface area contributed by atoms with Crippen molar-refractivity contribution in [2.75, 3.05) is 51.8 Å². The number of benzene rings is 2. The van der Waals surface area contributed by atoms with E-state index in [1.807, 2.05) is 37.3 Å². The highest BCUT2D eigenvalue weighted by Crippen LogP contribution is 2.31. The second-order valence-electron chi connectivity index (χ2n) is 9.95. The number of hydrazine groups is 1. The predicted molar refractivity (Wildman–Crippen MR) is 144 cm³/mol. The fourth-order valence-electron chi connectivity index (χ4n) is 4.84. The fraction of sp³-hybridized carbons (Fsp3) is 0.500. The molecule has 4 N–H and O–H groups in total. The van der Waals surface area contributed by atoms with Crippen LogP contribution in [-0.4, -0.2) is 63.7 Å². The normalized spacial score (nSPS) is 16.7. The van der Waals surface area contributed by atoms with Gasteiger partial charge in [-0.05, 0) is 67.5 Å². The van der Waals surface area contributed by atoms with E-state index in [-0.39, 0.29) is 24.3 Å². The van der Waals surface area contributed by atoms with Gasteiger partial charge in [0.2, 0.25) is 5.91 Å². The SMILES string of the molecule is COc1ccc(C(C)NC(=O)c2cc(N3CCN(CC4CC4)CC3)ccc2CCC(=O)NN)cc1OC. The van der Waals surface area contributed by atoms with Gasteiger partial charge in [-0.1, -0.05) is 12.1 Å². The van der Waals surface area contributed by atoms with Gasteiger partial charge in [0.05, 0.1) is 20.3 Å². The molecule has 0 radical (unpaired) electrons. The van der Waals surface area contributed by atoms with Gasteiger partial charge < -0.3 is 19.7 Å². The van der Waals surface area contributed by atoms with E-state index >= 15 is 0 Å². The number of aryl methyl sites for hydroxylation is 1. The molecule has 2 amide bonds. The number of amides is 2. The smallest absolute Gasteiger partial charge is 0.252 e. The number of carbonyl (C=O) groups excluding carboxylic acids is 2. The third kappa shape index (κ3) is 6.93. The summed E-state index contributed by atoms with van der Waals surface area (Å²) in [5.74, 6) is 6.95. The van der Waals surface area contributed by atoms with Crippen molar-refractivity contribution in [3.05, 3.63) is 53.1 Å². The van der Waals surface area contributed by atoms with Crippen molar-refractivity contribution in [1.29, 1.82) is 0 Å². The van der Waals surface area contributed by atoms with Crippen molar-refractivity contribution in [2.45, 2.75) is 38.6 Å². The predicted octanol–water partition coefficient (Wildman–Crippen LogP) is 2.65. The van der Waals surface area contributed by atoms with Gasteiger partial charge in [-0.15, -0.1) is 0 Å². The lowest BCUT2D eigenvalue weighted by Crippen LogP contribution is -2.47. The first-order valence-electron chi connectivity index (χ1n) is 13.0. The van der Waals surface area contributed by atoms with Gasteiger partial charge in [-0.2, -0.15) is 0 Å². The Kier molecular flexibility index (Phi) is 8.89. The summed E-state index contributed by atoms with van der Waals surface area (Å²) in [7, 11) is 3.18. The highest BCUT2D eigenvalue weighted by atomic mass is 16.5. The lowest BCUT2D eigenvalue weighted by atomic mass is 9.99. The molecule has 0 bridgehead atoms. The highest BCUT2D eigenvalue weighted by molar-refractivity contribution is 5.97. The summed E-state index contributed by atoms with van der Waals surface area (Å²) in [6.45, 7) is 7.08. The third-order valence-corrected chi connectivity index (χ3v) is 7.33. The third-order valence-electron chi connectivity index (χ3n) is 7.33. The molecule has 1 saturated heterocycles. The van der Waals surface area contributed by atoms with Crippen LogP contribution in [-0.2, 0) is 11.2 Å². The molecule has 1 unspecified atom stereocenters. The van der Waals surface area contributed by atoms with Gasteiger partial charge in [-0.3, -0.25) is 19.9 Å². The lowest BCUT2D eigenvalue weighted by molar-refractivity contribution is -0.121. The summed E-state index contributed by atoms with van der Waals surface area (Å²) < 4.78 is 10.8. The van der Waals surface area contributed by atoms with Gasteiger partial charge >= 0.3 is 0 Å². The number of methoxy groups -OCH3 is 2. The number of nitrogens with one attached hydrogen (secondary N) is 2. The zero-order chi connectivity index (χ0) is 26.4. The van der Waals surface area contributed by atoms with Crippen LogP contribution >= 0.6 is 0 Å². The van der Waals surface area contributed by atoms with Gasteiger partial charge in [0.1, 0.15) is 0 Å². The van der Waals surface area contributed by atoms with Crippen LogP contribution in [0.4, 0.5) is 5.69 Å². The van der Waals surface area contributed by atoms with E-state index in [2.05, 4.69) is 26.6 Å². The number of ether oxygens (including phenoxy) is 2. The summed E-state index contributed by atoms with van der Waals surface area (Å²) in [6.07, 6.45) is 3.36. The molecule has 200 valence electrons. The average Bonchev–Trinajstić information content (AvgIpc) is 3.75. The van der Waals surface area contributed by atoms with Gasteiger partial charge in [0.25, 0.3) is 5.91 Å².